The summed E-state index contributed by atoms with van der Waals surface area (Å²) in [6.07, 6.45) is 0. The second kappa shape index (κ2) is 6.87. The number of nitrogens with zero attached hydrogens (tertiary/aromatic N) is 2. The third kappa shape index (κ3) is 4.27. The Morgan fingerprint density at radius 3 is 2.83 bits per heavy atom. The Morgan fingerprint density at radius 2 is 2.28 bits per heavy atom. The van der Waals surface area contributed by atoms with Crippen molar-refractivity contribution in [2.75, 3.05) is 13.2 Å². The molecule has 1 aromatic carbocycles. The van der Waals surface area contributed by atoms with Crippen LogP contribution in [0.1, 0.15) is 13.8 Å². The fourth-order valence-corrected chi connectivity index (χ4v) is 1.60. The van der Waals surface area contributed by atoms with E-state index in [4.69, 9.17) is 21.6 Å². The van der Waals surface area contributed by atoms with Crippen molar-refractivity contribution in [2.24, 2.45) is 0 Å². The maximum Gasteiger partial charge on any atom is 0.261 e. The van der Waals surface area contributed by atoms with E-state index in [0.29, 0.717) is 10.8 Å². The van der Waals surface area contributed by atoms with Crippen LogP contribution in [0.5, 0.6) is 5.75 Å². The highest BCUT2D eigenvalue weighted by molar-refractivity contribution is 6.30. The molecule has 0 unspecified atom stereocenters. The van der Waals surface area contributed by atoms with Gasteiger partial charge in [-0.25, -0.2) is 0 Å². The van der Waals surface area contributed by atoms with E-state index in [0.717, 1.165) is 0 Å². The summed E-state index contributed by atoms with van der Waals surface area (Å²) in [5.74, 6) is 0.322. The summed E-state index contributed by atoms with van der Waals surface area (Å²) >= 11 is 5.80. The molecule has 0 saturated carbocycles. The Hall–Kier alpha value is -1.73. The first-order valence-corrected chi connectivity index (χ1v) is 5.97. The molecule has 96 valence electrons. The summed E-state index contributed by atoms with van der Waals surface area (Å²) in [6, 6.07) is 8.78. The molecule has 0 aromatic heterocycles. The number of carbonyl (C=O) groups excluding carboxylic acids is 1. The Kier molecular flexibility index (Phi) is 5.47. The first kappa shape index (κ1) is 14.3. The Balaban J connectivity index is 2.57. The Bertz CT molecular complexity index is 455. The van der Waals surface area contributed by atoms with Gasteiger partial charge in [0.1, 0.15) is 12.3 Å². The molecule has 0 spiro atoms. The predicted molar refractivity (Wildman–Crippen MR) is 69.4 cm³/mol. The first-order valence-electron chi connectivity index (χ1n) is 5.59. The molecule has 0 aliphatic rings. The van der Waals surface area contributed by atoms with Gasteiger partial charge in [0.2, 0.25) is 0 Å². The topological polar surface area (TPSA) is 53.3 Å². The molecule has 0 fully saturated rings. The molecule has 0 heterocycles. The van der Waals surface area contributed by atoms with Crippen molar-refractivity contribution in [2.45, 2.75) is 19.9 Å². The van der Waals surface area contributed by atoms with Crippen LogP contribution in [0.2, 0.25) is 5.02 Å². The number of halogens is 1. The predicted octanol–water partition coefficient (Wildman–Crippen LogP) is 2.48. The van der Waals surface area contributed by atoms with Crippen LogP contribution in [0.3, 0.4) is 0 Å². The number of benzene rings is 1. The third-order valence-corrected chi connectivity index (χ3v) is 2.58. The highest BCUT2D eigenvalue weighted by Gasteiger charge is 2.16. The van der Waals surface area contributed by atoms with Crippen molar-refractivity contribution in [1.82, 2.24) is 4.90 Å². The second-order valence-electron chi connectivity index (χ2n) is 4.02. The quantitative estimate of drug-likeness (QED) is 0.770. The maximum atomic E-state index is 11.8. The van der Waals surface area contributed by atoms with Crippen LogP contribution in [0, 0.1) is 11.3 Å². The molecular formula is C13H15ClN2O2. The van der Waals surface area contributed by atoms with Crippen LogP contribution in [-0.4, -0.2) is 30.0 Å². The van der Waals surface area contributed by atoms with Crippen molar-refractivity contribution in [1.29, 1.82) is 5.26 Å². The Morgan fingerprint density at radius 1 is 1.56 bits per heavy atom. The molecular weight excluding hydrogens is 252 g/mol. The lowest BCUT2D eigenvalue weighted by atomic mass is 10.3. The van der Waals surface area contributed by atoms with Crippen LogP contribution in [0.4, 0.5) is 0 Å². The summed E-state index contributed by atoms with van der Waals surface area (Å²) in [6.45, 7) is 3.68. The summed E-state index contributed by atoms with van der Waals surface area (Å²) in [5.41, 5.74) is 0. The average molecular weight is 267 g/mol. The standard InChI is InChI=1S/C13H15ClN2O2/c1-10(2)16(7-6-15)13(17)9-18-12-5-3-4-11(14)8-12/h3-5,8,10H,7,9H2,1-2H3. The smallest absolute Gasteiger partial charge is 0.261 e. The number of rotatable bonds is 5. The van der Waals surface area contributed by atoms with E-state index in [2.05, 4.69) is 0 Å². The van der Waals surface area contributed by atoms with Gasteiger partial charge in [0, 0.05) is 11.1 Å². The van der Waals surface area contributed by atoms with Gasteiger partial charge in [0.05, 0.1) is 6.07 Å². The van der Waals surface area contributed by atoms with E-state index in [1.54, 1.807) is 24.3 Å². The molecule has 1 aromatic rings. The van der Waals surface area contributed by atoms with E-state index < -0.39 is 0 Å². The van der Waals surface area contributed by atoms with Crippen molar-refractivity contribution in [3.63, 3.8) is 0 Å². The lowest BCUT2D eigenvalue weighted by Crippen LogP contribution is -2.40. The van der Waals surface area contributed by atoms with Crippen LogP contribution in [0.25, 0.3) is 0 Å². The number of hydrogen-bond acceptors (Lipinski definition) is 3. The van der Waals surface area contributed by atoms with Crippen molar-refractivity contribution in [3.05, 3.63) is 29.3 Å². The van der Waals surface area contributed by atoms with Gasteiger partial charge in [-0.1, -0.05) is 17.7 Å². The van der Waals surface area contributed by atoms with Crippen molar-refractivity contribution >= 4 is 17.5 Å². The molecule has 0 atom stereocenters. The second-order valence-corrected chi connectivity index (χ2v) is 4.46. The monoisotopic (exact) mass is 266 g/mol. The molecule has 0 bridgehead atoms. The normalized spacial score (nSPS) is 9.94. The molecule has 1 rings (SSSR count). The van der Waals surface area contributed by atoms with Crippen LogP contribution in [-0.2, 0) is 4.79 Å². The summed E-state index contributed by atoms with van der Waals surface area (Å²) in [4.78, 5) is 13.3. The number of carbonyl (C=O) groups is 1. The number of hydrogen-bond donors (Lipinski definition) is 0. The zero-order valence-electron chi connectivity index (χ0n) is 10.4. The number of ether oxygens (including phenoxy) is 1. The van der Waals surface area contributed by atoms with Gasteiger partial charge in [0.25, 0.3) is 5.91 Å². The van der Waals surface area contributed by atoms with E-state index in [-0.39, 0.29) is 25.1 Å². The largest absolute Gasteiger partial charge is 0.484 e. The zero-order valence-corrected chi connectivity index (χ0v) is 11.1. The van der Waals surface area contributed by atoms with E-state index in [9.17, 15) is 4.79 Å². The van der Waals surface area contributed by atoms with Gasteiger partial charge in [-0.05, 0) is 32.0 Å². The lowest BCUT2D eigenvalue weighted by Gasteiger charge is -2.23. The Labute approximate surface area is 112 Å². The lowest BCUT2D eigenvalue weighted by molar-refractivity contribution is -0.134. The van der Waals surface area contributed by atoms with E-state index >= 15 is 0 Å². The van der Waals surface area contributed by atoms with Gasteiger partial charge < -0.3 is 9.64 Å². The minimum atomic E-state index is -0.216. The molecule has 0 N–H and O–H groups in total. The first-order chi connectivity index (χ1) is 8.54. The van der Waals surface area contributed by atoms with Gasteiger partial charge in [0.15, 0.2) is 6.61 Å². The number of nitriles is 1. The van der Waals surface area contributed by atoms with Crippen LogP contribution in [0.15, 0.2) is 24.3 Å². The number of amides is 1. The molecule has 0 radical (unpaired) electrons. The average Bonchev–Trinajstić information content (AvgIpc) is 2.32. The summed E-state index contributed by atoms with van der Waals surface area (Å²) < 4.78 is 5.34. The fourth-order valence-electron chi connectivity index (χ4n) is 1.42. The highest BCUT2D eigenvalue weighted by Crippen LogP contribution is 2.17. The third-order valence-electron chi connectivity index (χ3n) is 2.34. The minimum absolute atomic E-state index is 0.0277. The van der Waals surface area contributed by atoms with Gasteiger partial charge in [-0.15, -0.1) is 0 Å². The highest BCUT2D eigenvalue weighted by atomic mass is 35.5. The SMILES string of the molecule is CC(C)N(CC#N)C(=O)COc1cccc(Cl)c1. The molecule has 0 aliphatic heterocycles. The van der Waals surface area contributed by atoms with Crippen molar-refractivity contribution < 1.29 is 9.53 Å². The maximum absolute atomic E-state index is 11.8. The zero-order chi connectivity index (χ0) is 13.5. The molecule has 5 heteroatoms. The van der Waals surface area contributed by atoms with Crippen LogP contribution < -0.4 is 4.74 Å². The van der Waals surface area contributed by atoms with Gasteiger partial charge in [-0.2, -0.15) is 5.26 Å². The molecule has 0 saturated heterocycles. The van der Waals surface area contributed by atoms with E-state index in [1.165, 1.54) is 4.90 Å². The molecule has 0 aliphatic carbocycles. The molecule has 18 heavy (non-hydrogen) atoms. The van der Waals surface area contributed by atoms with Crippen LogP contribution >= 0.6 is 11.6 Å². The van der Waals surface area contributed by atoms with E-state index in [1.807, 2.05) is 19.9 Å². The van der Waals surface area contributed by atoms with Gasteiger partial charge in [-0.3, -0.25) is 4.79 Å². The molecule has 1 amide bonds. The minimum Gasteiger partial charge on any atom is -0.484 e. The summed E-state index contributed by atoms with van der Waals surface area (Å²) in [5, 5.41) is 9.21. The van der Waals surface area contributed by atoms with Crippen molar-refractivity contribution in [3.8, 4) is 11.8 Å². The van der Waals surface area contributed by atoms with Gasteiger partial charge >= 0.3 is 0 Å². The molecule has 4 nitrogen and oxygen atoms in total. The summed E-state index contributed by atoms with van der Waals surface area (Å²) in [7, 11) is 0. The fraction of sp³-hybridized carbons (Fsp3) is 0.385.